The molecule has 21 heavy (non-hydrogen) atoms. The maximum absolute atomic E-state index is 12.5. The summed E-state index contributed by atoms with van der Waals surface area (Å²) in [5.74, 6) is -0.157. The number of halogens is 2. The summed E-state index contributed by atoms with van der Waals surface area (Å²) >= 11 is 1.70. The Morgan fingerprint density at radius 2 is 2.19 bits per heavy atom. The number of thiophene rings is 1. The number of carbonyl (C=O) groups is 1. The Kier molecular flexibility index (Phi) is 3.88. The number of ether oxygens (including phenoxy) is 1. The van der Waals surface area contributed by atoms with E-state index in [1.165, 1.54) is 22.6 Å². The first-order valence-corrected chi connectivity index (χ1v) is 7.41. The second-order valence-corrected chi connectivity index (χ2v) is 5.75. The van der Waals surface area contributed by atoms with Crippen molar-refractivity contribution in [2.24, 2.45) is 0 Å². The molecule has 0 atom stereocenters. The van der Waals surface area contributed by atoms with Gasteiger partial charge in [0.25, 0.3) is 5.91 Å². The van der Waals surface area contributed by atoms with Crippen molar-refractivity contribution < 1.29 is 18.3 Å². The zero-order chi connectivity index (χ0) is 14.8. The maximum Gasteiger partial charge on any atom is 0.387 e. The van der Waals surface area contributed by atoms with Crippen LogP contribution in [0.4, 0.5) is 8.78 Å². The molecule has 0 bridgehead atoms. The predicted octanol–water partition coefficient (Wildman–Crippen LogP) is 3.55. The first-order valence-electron chi connectivity index (χ1n) is 6.53. The van der Waals surface area contributed by atoms with Gasteiger partial charge in [0.1, 0.15) is 5.75 Å². The third-order valence-corrected chi connectivity index (χ3v) is 4.42. The van der Waals surface area contributed by atoms with Crippen molar-refractivity contribution in [3.8, 4) is 5.75 Å². The minimum absolute atomic E-state index is 0.00378. The minimum atomic E-state index is -2.89. The lowest BCUT2D eigenvalue weighted by Crippen LogP contribution is -2.35. The monoisotopic (exact) mass is 309 g/mol. The first-order chi connectivity index (χ1) is 10.1. The van der Waals surface area contributed by atoms with Crippen molar-refractivity contribution in [3.05, 3.63) is 51.7 Å². The molecule has 110 valence electrons. The molecule has 1 aromatic heterocycles. The largest absolute Gasteiger partial charge is 0.435 e. The van der Waals surface area contributed by atoms with E-state index in [4.69, 9.17) is 0 Å². The van der Waals surface area contributed by atoms with Gasteiger partial charge in [0.2, 0.25) is 0 Å². The normalized spacial score (nSPS) is 14.1. The number of hydrogen-bond acceptors (Lipinski definition) is 3. The van der Waals surface area contributed by atoms with Gasteiger partial charge in [0.05, 0.1) is 0 Å². The van der Waals surface area contributed by atoms with Crippen LogP contribution in [0.5, 0.6) is 5.75 Å². The van der Waals surface area contributed by atoms with Crippen molar-refractivity contribution in [3.63, 3.8) is 0 Å². The summed E-state index contributed by atoms with van der Waals surface area (Å²) < 4.78 is 28.8. The van der Waals surface area contributed by atoms with Gasteiger partial charge in [0, 0.05) is 23.5 Å². The molecule has 2 aromatic rings. The van der Waals surface area contributed by atoms with Crippen molar-refractivity contribution in [2.45, 2.75) is 19.6 Å². The van der Waals surface area contributed by atoms with Crippen LogP contribution in [0, 0.1) is 0 Å². The maximum atomic E-state index is 12.5. The van der Waals surface area contributed by atoms with Crippen LogP contribution < -0.4 is 4.74 Å². The molecule has 3 nitrogen and oxygen atoms in total. The molecule has 2 heterocycles. The van der Waals surface area contributed by atoms with Crippen molar-refractivity contribution in [1.29, 1.82) is 0 Å². The van der Waals surface area contributed by atoms with Gasteiger partial charge in [0.15, 0.2) is 0 Å². The van der Waals surface area contributed by atoms with Gasteiger partial charge in [-0.3, -0.25) is 4.79 Å². The van der Waals surface area contributed by atoms with Gasteiger partial charge in [-0.25, -0.2) is 0 Å². The van der Waals surface area contributed by atoms with Crippen LogP contribution in [0.3, 0.4) is 0 Å². The summed E-state index contributed by atoms with van der Waals surface area (Å²) in [5, 5.41) is 2.02. The Hall–Kier alpha value is -1.95. The van der Waals surface area contributed by atoms with Gasteiger partial charge in [-0.1, -0.05) is 6.07 Å². The molecular weight excluding hydrogens is 296 g/mol. The molecule has 0 N–H and O–H groups in total. The lowest BCUT2D eigenvalue weighted by molar-refractivity contribution is -0.0499. The second-order valence-electron chi connectivity index (χ2n) is 4.75. The Morgan fingerprint density at radius 1 is 1.33 bits per heavy atom. The van der Waals surface area contributed by atoms with Crippen molar-refractivity contribution >= 4 is 17.2 Å². The van der Waals surface area contributed by atoms with Gasteiger partial charge < -0.3 is 9.64 Å². The second kappa shape index (κ2) is 5.81. The molecule has 1 amide bonds. The van der Waals surface area contributed by atoms with E-state index in [0.29, 0.717) is 18.7 Å². The van der Waals surface area contributed by atoms with Crippen LogP contribution in [0.1, 0.15) is 20.8 Å². The Bertz CT molecular complexity index is 657. The third kappa shape index (κ3) is 3.05. The van der Waals surface area contributed by atoms with Crippen LogP contribution in [-0.4, -0.2) is 24.0 Å². The van der Waals surface area contributed by atoms with Gasteiger partial charge >= 0.3 is 6.61 Å². The van der Waals surface area contributed by atoms with Crippen LogP contribution in [0.2, 0.25) is 0 Å². The van der Waals surface area contributed by atoms with E-state index >= 15 is 0 Å². The first kappa shape index (κ1) is 14.0. The number of fused-ring (bicyclic) bond motifs is 1. The highest BCUT2D eigenvalue weighted by molar-refractivity contribution is 7.10. The summed E-state index contributed by atoms with van der Waals surface area (Å²) in [6, 6.07) is 7.96. The number of alkyl halides is 2. The number of hydrogen-bond donors (Lipinski definition) is 0. The van der Waals surface area contributed by atoms with E-state index in [-0.39, 0.29) is 11.7 Å². The molecule has 1 aromatic carbocycles. The van der Waals surface area contributed by atoms with Crippen LogP contribution in [0.15, 0.2) is 35.7 Å². The summed E-state index contributed by atoms with van der Waals surface area (Å²) in [5.41, 5.74) is 1.53. The summed E-state index contributed by atoms with van der Waals surface area (Å²) in [6.07, 6.45) is 0.839. The minimum Gasteiger partial charge on any atom is -0.435 e. The van der Waals surface area contributed by atoms with Crippen LogP contribution in [-0.2, 0) is 13.0 Å². The molecule has 0 spiro atoms. The quantitative estimate of drug-likeness (QED) is 0.868. The predicted molar refractivity (Wildman–Crippen MR) is 75.8 cm³/mol. The highest BCUT2D eigenvalue weighted by Crippen LogP contribution is 2.25. The van der Waals surface area contributed by atoms with Gasteiger partial charge in [-0.05, 0) is 41.6 Å². The van der Waals surface area contributed by atoms with Gasteiger partial charge in [-0.2, -0.15) is 8.78 Å². The van der Waals surface area contributed by atoms with E-state index in [1.54, 1.807) is 28.4 Å². The van der Waals surface area contributed by atoms with Crippen LogP contribution in [0.25, 0.3) is 0 Å². The fourth-order valence-electron chi connectivity index (χ4n) is 2.41. The molecular formula is C15H13F2NO2S. The standard InChI is InChI=1S/C15H13F2NO2S/c16-15(17)20-12-3-1-2-10(8-12)14(19)18-6-4-13-11(9-18)5-7-21-13/h1-3,5,7-8,15H,4,6,9H2. The van der Waals surface area contributed by atoms with E-state index in [9.17, 15) is 13.6 Å². The highest BCUT2D eigenvalue weighted by Gasteiger charge is 2.22. The van der Waals surface area contributed by atoms with E-state index in [0.717, 1.165) is 6.42 Å². The number of nitrogens with zero attached hydrogens (tertiary/aromatic N) is 1. The Morgan fingerprint density at radius 3 is 3.00 bits per heavy atom. The molecule has 0 fully saturated rings. The summed E-state index contributed by atoms with van der Waals surface area (Å²) in [4.78, 5) is 15.5. The number of amides is 1. The smallest absolute Gasteiger partial charge is 0.387 e. The highest BCUT2D eigenvalue weighted by atomic mass is 32.1. The topological polar surface area (TPSA) is 29.5 Å². The Labute approximate surface area is 124 Å². The van der Waals surface area contributed by atoms with E-state index in [2.05, 4.69) is 4.74 Å². The third-order valence-electron chi connectivity index (χ3n) is 3.40. The zero-order valence-electron chi connectivity index (χ0n) is 11.1. The van der Waals surface area contributed by atoms with Crippen molar-refractivity contribution in [1.82, 2.24) is 4.90 Å². The average Bonchev–Trinajstić information content (AvgIpc) is 2.93. The summed E-state index contributed by atoms with van der Waals surface area (Å²) in [6.45, 7) is -1.68. The molecule has 6 heteroatoms. The van der Waals surface area contributed by atoms with E-state index < -0.39 is 6.61 Å². The molecule has 0 radical (unpaired) electrons. The fourth-order valence-corrected chi connectivity index (χ4v) is 3.30. The zero-order valence-corrected chi connectivity index (χ0v) is 11.9. The molecule has 0 aliphatic carbocycles. The van der Waals surface area contributed by atoms with Gasteiger partial charge in [-0.15, -0.1) is 11.3 Å². The summed E-state index contributed by atoms with van der Waals surface area (Å²) in [7, 11) is 0. The molecule has 0 unspecified atom stereocenters. The molecule has 3 rings (SSSR count). The number of carbonyl (C=O) groups excluding carboxylic acids is 1. The Balaban J connectivity index is 1.77. The molecule has 0 saturated carbocycles. The SMILES string of the molecule is O=C(c1cccc(OC(F)F)c1)N1CCc2sccc2C1. The number of benzene rings is 1. The average molecular weight is 309 g/mol. The van der Waals surface area contributed by atoms with E-state index in [1.807, 2.05) is 11.4 Å². The molecule has 0 saturated heterocycles. The lowest BCUT2D eigenvalue weighted by atomic mass is 10.1. The molecule has 1 aliphatic rings. The van der Waals surface area contributed by atoms with Crippen LogP contribution >= 0.6 is 11.3 Å². The van der Waals surface area contributed by atoms with Crippen molar-refractivity contribution in [2.75, 3.05) is 6.54 Å². The molecule has 1 aliphatic heterocycles. The number of rotatable bonds is 3. The fraction of sp³-hybridized carbons (Fsp3) is 0.267. The lowest BCUT2D eigenvalue weighted by Gasteiger charge is -2.27.